The first kappa shape index (κ1) is 19.1. The lowest BCUT2D eigenvalue weighted by atomic mass is 9.95. The van der Waals surface area contributed by atoms with Gasteiger partial charge in [0.25, 0.3) is 11.8 Å². The number of hydrogen-bond acceptors (Lipinski definition) is 6. The van der Waals surface area contributed by atoms with Gasteiger partial charge in [-0.3, -0.25) is 9.59 Å². The van der Waals surface area contributed by atoms with E-state index in [4.69, 9.17) is 4.74 Å². The Morgan fingerprint density at radius 3 is 2.83 bits per heavy atom. The fraction of sp³-hybridized carbons (Fsp3) is 0.429. The number of halogens is 1. The molecule has 4 aliphatic rings. The number of hydrogen-bond donors (Lipinski definition) is 3. The first-order chi connectivity index (χ1) is 14.5. The molecule has 0 bridgehead atoms. The van der Waals surface area contributed by atoms with Gasteiger partial charge < -0.3 is 30.1 Å². The number of carbonyl (C=O) groups excluding carboxylic acids is 2. The highest BCUT2D eigenvalue weighted by molar-refractivity contribution is 6.00. The molecule has 3 unspecified atom stereocenters. The monoisotopic (exact) mass is 415 g/mol. The summed E-state index contributed by atoms with van der Waals surface area (Å²) in [5.41, 5.74) is 1.32. The minimum Gasteiger partial charge on any atom is -0.507 e. The van der Waals surface area contributed by atoms with Crippen LogP contribution in [0.5, 0.6) is 0 Å². The lowest BCUT2D eigenvalue weighted by molar-refractivity contribution is -0.171. The number of rotatable bonds is 3. The van der Waals surface area contributed by atoms with Crippen molar-refractivity contribution in [3.8, 4) is 0 Å². The van der Waals surface area contributed by atoms with Crippen LogP contribution in [-0.2, 0) is 20.9 Å². The van der Waals surface area contributed by atoms with Gasteiger partial charge in [0.2, 0.25) is 0 Å². The smallest absolute Gasteiger partial charge is 0.276 e. The second-order valence-electron chi connectivity index (χ2n) is 7.90. The van der Waals surface area contributed by atoms with Crippen molar-refractivity contribution in [1.29, 1.82) is 0 Å². The molecule has 3 N–H and O–H groups in total. The fourth-order valence-corrected chi connectivity index (χ4v) is 4.79. The third kappa shape index (κ3) is 2.80. The summed E-state index contributed by atoms with van der Waals surface area (Å²) in [6.45, 7) is 1.23. The van der Waals surface area contributed by atoms with Crippen molar-refractivity contribution in [2.75, 3.05) is 13.2 Å². The van der Waals surface area contributed by atoms with Gasteiger partial charge in [0, 0.05) is 18.8 Å². The summed E-state index contributed by atoms with van der Waals surface area (Å²) in [5.74, 6) is -1.80. The van der Waals surface area contributed by atoms with Crippen molar-refractivity contribution in [2.45, 2.75) is 44.2 Å². The number of allylic oxidation sites excluding steroid dienone is 1. The number of fused-ring (bicyclic) bond motifs is 2. The lowest BCUT2D eigenvalue weighted by Gasteiger charge is -2.49. The third-order valence-corrected chi connectivity index (χ3v) is 6.17. The highest BCUT2D eigenvalue weighted by Crippen LogP contribution is 2.46. The van der Waals surface area contributed by atoms with Gasteiger partial charge in [-0.05, 0) is 37.0 Å². The predicted octanol–water partition coefficient (Wildman–Crippen LogP) is 0.893. The first-order valence-electron chi connectivity index (χ1n) is 10.1. The number of amides is 2. The Morgan fingerprint density at radius 2 is 2.07 bits per heavy atom. The second kappa shape index (κ2) is 7.10. The quantitative estimate of drug-likeness (QED) is 0.678. The highest BCUT2D eigenvalue weighted by Gasteiger charge is 2.54. The van der Waals surface area contributed by atoms with Crippen LogP contribution < -0.4 is 5.32 Å². The van der Waals surface area contributed by atoms with Crippen molar-refractivity contribution in [2.24, 2.45) is 0 Å². The van der Waals surface area contributed by atoms with E-state index in [0.717, 1.165) is 0 Å². The van der Waals surface area contributed by atoms with Crippen LogP contribution in [-0.4, -0.2) is 63.4 Å². The maximum Gasteiger partial charge on any atom is 0.276 e. The normalized spacial score (nSPS) is 27.9. The van der Waals surface area contributed by atoms with E-state index in [9.17, 15) is 24.2 Å². The van der Waals surface area contributed by atoms with Gasteiger partial charge in [-0.25, -0.2) is 4.39 Å². The van der Waals surface area contributed by atoms with Gasteiger partial charge in [0.05, 0.1) is 18.2 Å². The van der Waals surface area contributed by atoms with Gasteiger partial charge in [0.15, 0.2) is 12.0 Å². The molecule has 1 aromatic rings. The molecule has 30 heavy (non-hydrogen) atoms. The molecule has 9 heteroatoms. The lowest BCUT2D eigenvalue weighted by Crippen LogP contribution is -2.63. The van der Waals surface area contributed by atoms with Crippen LogP contribution >= 0.6 is 0 Å². The Kier molecular flexibility index (Phi) is 4.52. The molecule has 3 fully saturated rings. The standard InChI is InChI=1S/C21H22FN3O5/c22-12-4-2-11(3-5-12)10-23-19(28)15-13-6-7-14-21-24(8-1-9-30-21)20(29)16(25(13)14)18(27)17(15)26/h2-5,14,17,21,26-27H,1,6-10H2,(H,23,28). The number of nitrogens with one attached hydrogen (secondary N) is 1. The van der Waals surface area contributed by atoms with E-state index in [1.54, 1.807) is 21.9 Å². The zero-order valence-corrected chi connectivity index (χ0v) is 16.2. The number of benzene rings is 1. The minimum absolute atomic E-state index is 0.0387. The average molecular weight is 415 g/mol. The van der Waals surface area contributed by atoms with Gasteiger partial charge in [-0.15, -0.1) is 0 Å². The molecule has 0 spiro atoms. The largest absolute Gasteiger partial charge is 0.507 e. The van der Waals surface area contributed by atoms with Crippen molar-refractivity contribution in [3.63, 3.8) is 0 Å². The molecular formula is C21H22FN3O5. The van der Waals surface area contributed by atoms with Crippen LogP contribution in [0.3, 0.4) is 0 Å². The maximum atomic E-state index is 13.1. The number of nitrogens with zero attached hydrogens (tertiary/aromatic N) is 2. The minimum atomic E-state index is -1.58. The van der Waals surface area contributed by atoms with E-state index in [-0.39, 0.29) is 29.7 Å². The highest BCUT2D eigenvalue weighted by atomic mass is 19.1. The molecular weight excluding hydrogens is 393 g/mol. The van der Waals surface area contributed by atoms with E-state index >= 15 is 0 Å². The molecule has 0 aromatic heterocycles. The van der Waals surface area contributed by atoms with Crippen LogP contribution in [0.1, 0.15) is 24.8 Å². The fourth-order valence-electron chi connectivity index (χ4n) is 4.79. The molecule has 0 saturated carbocycles. The molecule has 8 nitrogen and oxygen atoms in total. The molecule has 4 heterocycles. The summed E-state index contributed by atoms with van der Waals surface area (Å²) in [7, 11) is 0. The summed E-state index contributed by atoms with van der Waals surface area (Å²) in [6.07, 6.45) is -0.171. The van der Waals surface area contributed by atoms with E-state index in [1.807, 2.05) is 0 Å². The number of ether oxygens (including phenoxy) is 1. The maximum absolute atomic E-state index is 13.1. The van der Waals surface area contributed by atoms with E-state index in [2.05, 4.69) is 5.32 Å². The summed E-state index contributed by atoms with van der Waals surface area (Å²) in [4.78, 5) is 29.2. The third-order valence-electron chi connectivity index (χ3n) is 6.17. The van der Waals surface area contributed by atoms with E-state index in [1.165, 1.54) is 12.1 Å². The van der Waals surface area contributed by atoms with Gasteiger partial charge >= 0.3 is 0 Å². The van der Waals surface area contributed by atoms with Crippen molar-refractivity contribution in [3.05, 3.63) is 58.4 Å². The molecule has 0 radical (unpaired) electrons. The number of carbonyl (C=O) groups is 2. The molecule has 158 valence electrons. The molecule has 1 aromatic carbocycles. The van der Waals surface area contributed by atoms with E-state index in [0.29, 0.717) is 43.7 Å². The summed E-state index contributed by atoms with van der Waals surface area (Å²) in [5, 5.41) is 24.1. The van der Waals surface area contributed by atoms with Crippen LogP contribution in [0.2, 0.25) is 0 Å². The zero-order valence-electron chi connectivity index (χ0n) is 16.2. The van der Waals surface area contributed by atoms with Gasteiger partial charge in [-0.1, -0.05) is 12.1 Å². The predicted molar refractivity (Wildman–Crippen MR) is 102 cm³/mol. The Bertz CT molecular complexity index is 973. The SMILES string of the molecule is O=C(NCc1ccc(F)cc1)C1=C2CCC3C4OCCCN4C(=O)C(=C(O)C1O)N23. The Labute approximate surface area is 172 Å². The molecule has 2 amide bonds. The Balaban J connectivity index is 1.45. The van der Waals surface area contributed by atoms with Gasteiger partial charge in [0.1, 0.15) is 17.6 Å². The van der Waals surface area contributed by atoms with Crippen molar-refractivity contribution >= 4 is 11.8 Å². The Morgan fingerprint density at radius 1 is 1.30 bits per heavy atom. The van der Waals surface area contributed by atoms with Gasteiger partial charge in [-0.2, -0.15) is 0 Å². The van der Waals surface area contributed by atoms with Crippen LogP contribution in [0.15, 0.2) is 47.0 Å². The molecule has 5 rings (SSSR count). The zero-order chi connectivity index (χ0) is 21.0. The van der Waals surface area contributed by atoms with Crippen molar-refractivity contribution < 1.29 is 28.9 Å². The topological polar surface area (TPSA) is 102 Å². The summed E-state index contributed by atoms with van der Waals surface area (Å²) in [6, 6.07) is 5.52. The first-order valence-corrected chi connectivity index (χ1v) is 10.1. The molecule has 4 aliphatic heterocycles. The molecule has 3 atom stereocenters. The molecule has 0 aliphatic carbocycles. The van der Waals surface area contributed by atoms with Crippen LogP contribution in [0, 0.1) is 5.82 Å². The number of piperazine rings is 1. The van der Waals surface area contributed by atoms with Crippen molar-refractivity contribution in [1.82, 2.24) is 15.1 Å². The summed E-state index contributed by atoms with van der Waals surface area (Å²) >= 11 is 0. The second-order valence-corrected chi connectivity index (χ2v) is 7.90. The van der Waals surface area contributed by atoms with Crippen LogP contribution in [0.25, 0.3) is 0 Å². The Hall–Kier alpha value is -2.91. The van der Waals surface area contributed by atoms with E-state index < -0.39 is 29.9 Å². The average Bonchev–Trinajstić information content (AvgIpc) is 3.18. The number of aliphatic hydroxyl groups is 2. The molecule has 3 saturated heterocycles. The van der Waals surface area contributed by atoms with Crippen LogP contribution in [0.4, 0.5) is 4.39 Å². The summed E-state index contributed by atoms with van der Waals surface area (Å²) < 4.78 is 18.9. The number of aliphatic hydroxyl groups excluding tert-OH is 2.